The van der Waals surface area contributed by atoms with E-state index in [1.807, 2.05) is 11.9 Å². The fourth-order valence-electron chi connectivity index (χ4n) is 2.65. The Bertz CT molecular complexity index is 222. The second-order valence-corrected chi connectivity index (χ2v) is 5.12. The van der Waals surface area contributed by atoms with Gasteiger partial charge in [-0.1, -0.05) is 20.8 Å². The molecule has 94 valence electrons. The molecule has 0 bridgehead atoms. The molecule has 1 aliphatic rings. The summed E-state index contributed by atoms with van der Waals surface area (Å²) in [5.74, 6) is 1.14. The second kappa shape index (κ2) is 6.24. The SMILES string of the molecule is CCC(CC)N(C)C(=O)C1CNCC(C)C1. The Kier molecular flexibility index (Phi) is 5.26. The van der Waals surface area contributed by atoms with Crippen molar-refractivity contribution in [2.24, 2.45) is 11.8 Å². The molecular formula is C13H26N2O. The number of nitrogens with zero attached hydrogens (tertiary/aromatic N) is 1. The highest BCUT2D eigenvalue weighted by Gasteiger charge is 2.29. The van der Waals surface area contributed by atoms with Gasteiger partial charge in [-0.05, 0) is 31.7 Å². The molecule has 0 aromatic rings. The molecule has 2 unspecified atom stereocenters. The largest absolute Gasteiger partial charge is 0.343 e. The van der Waals surface area contributed by atoms with Crippen molar-refractivity contribution in [3.8, 4) is 0 Å². The van der Waals surface area contributed by atoms with E-state index in [-0.39, 0.29) is 5.92 Å². The number of amides is 1. The summed E-state index contributed by atoms with van der Waals surface area (Å²) in [5.41, 5.74) is 0. The van der Waals surface area contributed by atoms with Crippen molar-refractivity contribution >= 4 is 5.91 Å². The predicted octanol–water partition coefficient (Wildman–Crippen LogP) is 1.88. The van der Waals surface area contributed by atoms with Gasteiger partial charge in [-0.3, -0.25) is 4.79 Å². The molecular weight excluding hydrogens is 200 g/mol. The fraction of sp³-hybridized carbons (Fsp3) is 0.923. The number of nitrogens with one attached hydrogen (secondary N) is 1. The highest BCUT2D eigenvalue weighted by Crippen LogP contribution is 2.19. The van der Waals surface area contributed by atoms with Gasteiger partial charge in [-0.2, -0.15) is 0 Å². The van der Waals surface area contributed by atoms with Crippen LogP contribution in [0.15, 0.2) is 0 Å². The third-order valence-corrected chi connectivity index (χ3v) is 3.76. The highest BCUT2D eigenvalue weighted by molar-refractivity contribution is 5.79. The Morgan fingerprint density at radius 1 is 1.38 bits per heavy atom. The summed E-state index contributed by atoms with van der Waals surface area (Å²) in [5, 5.41) is 3.35. The van der Waals surface area contributed by atoms with E-state index in [9.17, 15) is 4.79 Å². The minimum absolute atomic E-state index is 0.189. The summed E-state index contributed by atoms with van der Waals surface area (Å²) in [4.78, 5) is 14.3. The van der Waals surface area contributed by atoms with Crippen molar-refractivity contribution < 1.29 is 4.79 Å². The van der Waals surface area contributed by atoms with Gasteiger partial charge >= 0.3 is 0 Å². The van der Waals surface area contributed by atoms with Crippen LogP contribution in [0.25, 0.3) is 0 Å². The van der Waals surface area contributed by atoms with E-state index in [2.05, 4.69) is 26.1 Å². The zero-order chi connectivity index (χ0) is 12.1. The maximum Gasteiger partial charge on any atom is 0.226 e. The molecule has 2 atom stereocenters. The number of piperidine rings is 1. The first-order valence-electron chi connectivity index (χ1n) is 6.57. The van der Waals surface area contributed by atoms with Crippen molar-refractivity contribution in [3.63, 3.8) is 0 Å². The number of hydrogen-bond acceptors (Lipinski definition) is 2. The lowest BCUT2D eigenvalue weighted by atomic mass is 9.90. The maximum atomic E-state index is 12.3. The van der Waals surface area contributed by atoms with Gasteiger partial charge in [0.05, 0.1) is 5.92 Å². The topological polar surface area (TPSA) is 32.3 Å². The number of carbonyl (C=O) groups is 1. The molecule has 0 spiro atoms. The van der Waals surface area contributed by atoms with Gasteiger partial charge in [-0.25, -0.2) is 0 Å². The lowest BCUT2D eigenvalue weighted by Crippen LogP contribution is -2.46. The Morgan fingerprint density at radius 3 is 2.50 bits per heavy atom. The Hall–Kier alpha value is -0.570. The molecule has 1 aliphatic heterocycles. The van der Waals surface area contributed by atoms with Crippen LogP contribution in [0.4, 0.5) is 0 Å². The maximum absolute atomic E-state index is 12.3. The molecule has 1 fully saturated rings. The van der Waals surface area contributed by atoms with E-state index < -0.39 is 0 Å². The van der Waals surface area contributed by atoms with E-state index in [0.29, 0.717) is 17.9 Å². The third-order valence-electron chi connectivity index (χ3n) is 3.76. The van der Waals surface area contributed by atoms with Crippen LogP contribution in [0.3, 0.4) is 0 Å². The molecule has 1 heterocycles. The van der Waals surface area contributed by atoms with Gasteiger partial charge in [0.1, 0.15) is 0 Å². The van der Waals surface area contributed by atoms with Crippen LogP contribution < -0.4 is 5.32 Å². The quantitative estimate of drug-likeness (QED) is 0.794. The average molecular weight is 226 g/mol. The van der Waals surface area contributed by atoms with Crippen molar-refractivity contribution in [3.05, 3.63) is 0 Å². The molecule has 0 aliphatic carbocycles. The molecule has 0 aromatic heterocycles. The van der Waals surface area contributed by atoms with Crippen molar-refractivity contribution in [2.45, 2.75) is 46.1 Å². The first kappa shape index (κ1) is 13.5. The lowest BCUT2D eigenvalue weighted by molar-refractivity contribution is -0.137. The summed E-state index contributed by atoms with van der Waals surface area (Å²) in [6.07, 6.45) is 3.14. The van der Waals surface area contributed by atoms with Gasteiger partial charge in [0, 0.05) is 19.6 Å². The summed E-state index contributed by atoms with van der Waals surface area (Å²) in [6.45, 7) is 8.43. The summed E-state index contributed by atoms with van der Waals surface area (Å²) < 4.78 is 0. The lowest BCUT2D eigenvalue weighted by Gasteiger charge is -2.33. The monoisotopic (exact) mass is 226 g/mol. The standard InChI is InChI=1S/C13H26N2O/c1-5-12(6-2)15(4)13(16)11-7-10(3)8-14-9-11/h10-12,14H,5-9H2,1-4H3. The van der Waals surface area contributed by atoms with Crippen LogP contribution in [0.2, 0.25) is 0 Å². The molecule has 1 amide bonds. The molecule has 1 rings (SSSR count). The third kappa shape index (κ3) is 3.21. The fourth-order valence-corrected chi connectivity index (χ4v) is 2.65. The first-order valence-corrected chi connectivity index (χ1v) is 6.57. The molecule has 0 saturated carbocycles. The van der Waals surface area contributed by atoms with Crippen LogP contribution >= 0.6 is 0 Å². The minimum atomic E-state index is 0.189. The first-order chi connectivity index (χ1) is 7.60. The van der Waals surface area contributed by atoms with Gasteiger partial charge in [0.15, 0.2) is 0 Å². The van der Waals surface area contributed by atoms with Crippen LogP contribution in [0.1, 0.15) is 40.0 Å². The van der Waals surface area contributed by atoms with E-state index in [4.69, 9.17) is 0 Å². The Balaban J connectivity index is 2.55. The van der Waals surface area contributed by atoms with E-state index in [1.54, 1.807) is 0 Å². The molecule has 1 N–H and O–H groups in total. The molecule has 1 saturated heterocycles. The van der Waals surface area contributed by atoms with Gasteiger partial charge in [0.2, 0.25) is 5.91 Å². The summed E-state index contributed by atoms with van der Waals surface area (Å²) in [7, 11) is 1.96. The molecule has 0 radical (unpaired) electrons. The normalized spacial score (nSPS) is 25.8. The molecule has 0 aromatic carbocycles. The van der Waals surface area contributed by atoms with Crippen molar-refractivity contribution in [1.82, 2.24) is 10.2 Å². The summed E-state index contributed by atoms with van der Waals surface area (Å²) >= 11 is 0. The molecule has 3 heteroatoms. The van der Waals surface area contributed by atoms with Crippen molar-refractivity contribution in [1.29, 1.82) is 0 Å². The number of hydrogen-bond donors (Lipinski definition) is 1. The average Bonchev–Trinajstić information content (AvgIpc) is 2.29. The van der Waals surface area contributed by atoms with Gasteiger partial charge < -0.3 is 10.2 Å². The van der Waals surface area contributed by atoms with Crippen LogP contribution in [-0.2, 0) is 4.79 Å². The highest BCUT2D eigenvalue weighted by atomic mass is 16.2. The Labute approximate surface area is 99.6 Å². The van der Waals surface area contributed by atoms with Gasteiger partial charge in [-0.15, -0.1) is 0 Å². The second-order valence-electron chi connectivity index (χ2n) is 5.12. The number of rotatable bonds is 4. The van der Waals surface area contributed by atoms with E-state index in [0.717, 1.165) is 32.4 Å². The van der Waals surface area contributed by atoms with E-state index >= 15 is 0 Å². The summed E-state index contributed by atoms with van der Waals surface area (Å²) in [6, 6.07) is 0.407. The Morgan fingerprint density at radius 2 is 2.00 bits per heavy atom. The van der Waals surface area contributed by atoms with Crippen LogP contribution in [0.5, 0.6) is 0 Å². The molecule has 3 nitrogen and oxygen atoms in total. The zero-order valence-corrected chi connectivity index (χ0v) is 11.1. The molecule has 16 heavy (non-hydrogen) atoms. The predicted molar refractivity (Wildman–Crippen MR) is 67.3 cm³/mol. The number of carbonyl (C=O) groups excluding carboxylic acids is 1. The zero-order valence-electron chi connectivity index (χ0n) is 11.1. The van der Waals surface area contributed by atoms with E-state index in [1.165, 1.54) is 0 Å². The smallest absolute Gasteiger partial charge is 0.226 e. The van der Waals surface area contributed by atoms with Crippen LogP contribution in [-0.4, -0.2) is 37.0 Å². The van der Waals surface area contributed by atoms with Gasteiger partial charge in [0.25, 0.3) is 0 Å². The van der Waals surface area contributed by atoms with Crippen LogP contribution in [0, 0.1) is 11.8 Å². The van der Waals surface area contributed by atoms with Crippen molar-refractivity contribution in [2.75, 3.05) is 20.1 Å². The minimum Gasteiger partial charge on any atom is -0.343 e.